The van der Waals surface area contributed by atoms with Crippen molar-refractivity contribution < 1.29 is 8.42 Å². The molecule has 1 aromatic carbocycles. The SMILES string of the molecule is CN(c1ccc(C#N)c(Cl)c1)C1CCS(=O)(=O)C1. The maximum atomic E-state index is 11.4. The van der Waals surface area contributed by atoms with Gasteiger partial charge in [-0.1, -0.05) is 11.6 Å². The minimum Gasteiger partial charge on any atom is -0.371 e. The number of sulfone groups is 1. The van der Waals surface area contributed by atoms with Crippen LogP contribution in [0.5, 0.6) is 0 Å². The third-order valence-corrected chi connectivity index (χ3v) is 5.30. The zero-order valence-corrected chi connectivity index (χ0v) is 11.5. The number of hydrogen-bond donors (Lipinski definition) is 0. The topological polar surface area (TPSA) is 61.2 Å². The van der Waals surface area contributed by atoms with Gasteiger partial charge in [0.05, 0.1) is 22.1 Å². The molecular weight excluding hydrogens is 272 g/mol. The van der Waals surface area contributed by atoms with Crippen LogP contribution < -0.4 is 4.90 Å². The molecule has 1 aliphatic rings. The first-order chi connectivity index (χ1) is 8.43. The highest BCUT2D eigenvalue weighted by Gasteiger charge is 2.30. The standard InChI is InChI=1S/C12H13ClN2O2S/c1-15(11-4-5-18(16,17)8-11)10-3-2-9(7-14)12(13)6-10/h2-3,6,11H,4-5,8H2,1H3. The van der Waals surface area contributed by atoms with E-state index >= 15 is 0 Å². The Morgan fingerprint density at radius 1 is 1.50 bits per heavy atom. The highest BCUT2D eigenvalue weighted by Crippen LogP contribution is 2.26. The van der Waals surface area contributed by atoms with E-state index in [9.17, 15) is 8.42 Å². The molecule has 1 aliphatic heterocycles. The predicted octanol–water partition coefficient (Wildman–Crippen LogP) is 1.83. The molecular formula is C12H13ClN2O2S. The largest absolute Gasteiger partial charge is 0.371 e. The monoisotopic (exact) mass is 284 g/mol. The Labute approximate surface area is 112 Å². The average molecular weight is 285 g/mol. The lowest BCUT2D eigenvalue weighted by atomic mass is 10.1. The molecule has 1 saturated heterocycles. The van der Waals surface area contributed by atoms with Crippen LogP contribution in [0.25, 0.3) is 0 Å². The Hall–Kier alpha value is -1.25. The second kappa shape index (κ2) is 4.79. The van der Waals surface area contributed by atoms with E-state index < -0.39 is 9.84 Å². The van der Waals surface area contributed by atoms with Crippen molar-refractivity contribution in [3.05, 3.63) is 28.8 Å². The lowest BCUT2D eigenvalue weighted by molar-refractivity contribution is 0.601. The number of nitriles is 1. The molecule has 0 aliphatic carbocycles. The molecule has 0 radical (unpaired) electrons. The Bertz CT molecular complexity index is 607. The summed E-state index contributed by atoms with van der Waals surface area (Å²) in [5.41, 5.74) is 1.26. The minimum absolute atomic E-state index is 0.0148. The van der Waals surface area contributed by atoms with Gasteiger partial charge in [0.1, 0.15) is 6.07 Å². The second-order valence-corrected chi connectivity index (χ2v) is 7.08. The Kier molecular flexibility index (Phi) is 3.51. The molecule has 6 heteroatoms. The fourth-order valence-corrected chi connectivity index (χ4v) is 4.10. The van der Waals surface area contributed by atoms with E-state index in [0.717, 1.165) is 5.69 Å². The highest BCUT2D eigenvalue weighted by molar-refractivity contribution is 7.91. The van der Waals surface area contributed by atoms with Crippen molar-refractivity contribution in [2.75, 3.05) is 23.5 Å². The van der Waals surface area contributed by atoms with Crippen LogP contribution in [0.1, 0.15) is 12.0 Å². The summed E-state index contributed by atoms with van der Waals surface area (Å²) >= 11 is 5.97. The van der Waals surface area contributed by atoms with Crippen LogP contribution in [-0.4, -0.2) is 33.0 Å². The van der Waals surface area contributed by atoms with Crippen LogP contribution in [0, 0.1) is 11.3 Å². The molecule has 0 saturated carbocycles. The molecule has 2 rings (SSSR count). The molecule has 0 spiro atoms. The van der Waals surface area contributed by atoms with E-state index in [1.807, 2.05) is 18.0 Å². The van der Waals surface area contributed by atoms with Crippen LogP contribution in [0.3, 0.4) is 0 Å². The molecule has 18 heavy (non-hydrogen) atoms. The number of rotatable bonds is 2. The zero-order chi connectivity index (χ0) is 13.3. The summed E-state index contributed by atoms with van der Waals surface area (Å²) in [6.45, 7) is 0. The summed E-state index contributed by atoms with van der Waals surface area (Å²) in [5, 5.41) is 9.19. The van der Waals surface area contributed by atoms with E-state index in [1.165, 1.54) is 0 Å². The van der Waals surface area contributed by atoms with Gasteiger partial charge in [0, 0.05) is 18.8 Å². The molecule has 0 N–H and O–H groups in total. The number of nitrogens with zero attached hydrogens (tertiary/aromatic N) is 2. The third kappa shape index (κ3) is 2.60. The van der Waals surface area contributed by atoms with Gasteiger partial charge in [-0.15, -0.1) is 0 Å². The molecule has 1 fully saturated rings. The Morgan fingerprint density at radius 2 is 2.22 bits per heavy atom. The van der Waals surface area contributed by atoms with E-state index in [2.05, 4.69) is 0 Å². The summed E-state index contributed by atoms with van der Waals surface area (Å²) in [7, 11) is -1.05. The number of halogens is 1. The van der Waals surface area contributed by atoms with Crippen molar-refractivity contribution in [2.24, 2.45) is 0 Å². The number of anilines is 1. The fourth-order valence-electron chi connectivity index (χ4n) is 2.11. The minimum atomic E-state index is -2.90. The molecule has 0 aromatic heterocycles. The van der Waals surface area contributed by atoms with Crippen molar-refractivity contribution in [3.8, 4) is 6.07 Å². The first kappa shape index (κ1) is 13.2. The van der Waals surface area contributed by atoms with Gasteiger partial charge in [-0.2, -0.15) is 5.26 Å². The van der Waals surface area contributed by atoms with Crippen LogP contribution in [0.2, 0.25) is 5.02 Å². The molecule has 96 valence electrons. The lowest BCUT2D eigenvalue weighted by Crippen LogP contribution is -2.32. The molecule has 1 unspecified atom stereocenters. The zero-order valence-electron chi connectivity index (χ0n) is 9.93. The van der Waals surface area contributed by atoms with Gasteiger partial charge in [-0.05, 0) is 24.6 Å². The van der Waals surface area contributed by atoms with Gasteiger partial charge in [-0.3, -0.25) is 0 Å². The van der Waals surface area contributed by atoms with Crippen LogP contribution in [0.15, 0.2) is 18.2 Å². The first-order valence-electron chi connectivity index (χ1n) is 5.56. The van der Waals surface area contributed by atoms with Crippen molar-refractivity contribution >= 4 is 27.1 Å². The molecule has 4 nitrogen and oxygen atoms in total. The van der Waals surface area contributed by atoms with Gasteiger partial charge in [0.15, 0.2) is 9.84 Å². The molecule has 1 aromatic rings. The average Bonchev–Trinajstić information content (AvgIpc) is 2.68. The number of benzene rings is 1. The predicted molar refractivity (Wildman–Crippen MR) is 71.6 cm³/mol. The van der Waals surface area contributed by atoms with Crippen LogP contribution in [-0.2, 0) is 9.84 Å². The van der Waals surface area contributed by atoms with Gasteiger partial charge in [0.25, 0.3) is 0 Å². The van der Waals surface area contributed by atoms with Crippen molar-refractivity contribution in [1.82, 2.24) is 0 Å². The highest BCUT2D eigenvalue weighted by atomic mass is 35.5. The molecule has 0 amide bonds. The van der Waals surface area contributed by atoms with Crippen LogP contribution in [0.4, 0.5) is 5.69 Å². The first-order valence-corrected chi connectivity index (χ1v) is 7.76. The van der Waals surface area contributed by atoms with E-state index in [1.54, 1.807) is 18.2 Å². The van der Waals surface area contributed by atoms with E-state index in [0.29, 0.717) is 17.0 Å². The van der Waals surface area contributed by atoms with Gasteiger partial charge in [-0.25, -0.2) is 8.42 Å². The maximum absolute atomic E-state index is 11.4. The Morgan fingerprint density at radius 3 is 2.72 bits per heavy atom. The smallest absolute Gasteiger partial charge is 0.152 e. The molecule has 1 heterocycles. The molecule has 0 bridgehead atoms. The summed E-state index contributed by atoms with van der Waals surface area (Å²) in [6.07, 6.45) is 0.635. The number of hydrogen-bond acceptors (Lipinski definition) is 4. The van der Waals surface area contributed by atoms with Crippen molar-refractivity contribution in [2.45, 2.75) is 12.5 Å². The van der Waals surface area contributed by atoms with Gasteiger partial charge >= 0.3 is 0 Å². The van der Waals surface area contributed by atoms with Crippen molar-refractivity contribution in [1.29, 1.82) is 5.26 Å². The molecule has 1 atom stereocenters. The summed E-state index contributed by atoms with van der Waals surface area (Å²) in [5.74, 6) is 0.424. The van der Waals surface area contributed by atoms with Crippen molar-refractivity contribution in [3.63, 3.8) is 0 Å². The normalized spacial score (nSPS) is 21.5. The maximum Gasteiger partial charge on any atom is 0.152 e. The van der Waals surface area contributed by atoms with E-state index in [-0.39, 0.29) is 17.5 Å². The Balaban J connectivity index is 2.22. The fraction of sp³-hybridized carbons (Fsp3) is 0.417. The summed E-state index contributed by atoms with van der Waals surface area (Å²) in [6, 6.07) is 7.12. The van der Waals surface area contributed by atoms with Gasteiger partial charge < -0.3 is 4.90 Å². The lowest BCUT2D eigenvalue weighted by Gasteiger charge is -2.25. The quantitative estimate of drug-likeness (QED) is 0.831. The third-order valence-electron chi connectivity index (χ3n) is 3.24. The van der Waals surface area contributed by atoms with Gasteiger partial charge in [0.2, 0.25) is 0 Å². The van der Waals surface area contributed by atoms with Crippen LogP contribution >= 0.6 is 11.6 Å². The summed E-state index contributed by atoms with van der Waals surface area (Å²) < 4.78 is 22.9. The summed E-state index contributed by atoms with van der Waals surface area (Å²) in [4.78, 5) is 1.91. The second-order valence-electron chi connectivity index (χ2n) is 4.44. The van der Waals surface area contributed by atoms with E-state index in [4.69, 9.17) is 16.9 Å².